The number of halogens is 1. The highest BCUT2D eigenvalue weighted by atomic mass is 32.2. The lowest BCUT2D eigenvalue weighted by Gasteiger charge is -2.20. The van der Waals surface area contributed by atoms with Crippen molar-refractivity contribution in [3.63, 3.8) is 0 Å². The Bertz CT molecular complexity index is 561. The summed E-state index contributed by atoms with van der Waals surface area (Å²) < 4.78 is 41.1. The summed E-state index contributed by atoms with van der Waals surface area (Å²) in [5, 5.41) is 3.09. The fraction of sp³-hybridized carbons (Fsp3) is 0.600. The number of hydrogen-bond acceptors (Lipinski definition) is 3. The standard InChI is InChI=1S/C15H25FN2O2S/c1-5-11(3)12(4)18-21(19,20)15-9-13(10-17-6-2)7-8-14(15)16/h7-9,11-12,17-18H,5-6,10H2,1-4H3. The maximum atomic E-state index is 13.9. The van der Waals surface area contributed by atoms with Crippen LogP contribution in [0.25, 0.3) is 0 Å². The summed E-state index contributed by atoms with van der Waals surface area (Å²) in [6.45, 7) is 8.99. The zero-order valence-corrected chi connectivity index (χ0v) is 13.9. The minimum atomic E-state index is -3.85. The van der Waals surface area contributed by atoms with Gasteiger partial charge in [-0.25, -0.2) is 17.5 Å². The molecule has 120 valence electrons. The summed E-state index contributed by atoms with van der Waals surface area (Å²) in [4.78, 5) is -0.284. The van der Waals surface area contributed by atoms with E-state index in [9.17, 15) is 12.8 Å². The van der Waals surface area contributed by atoms with Crippen molar-refractivity contribution in [2.24, 2.45) is 5.92 Å². The summed E-state index contributed by atoms with van der Waals surface area (Å²) in [7, 11) is -3.85. The minimum Gasteiger partial charge on any atom is -0.313 e. The summed E-state index contributed by atoms with van der Waals surface area (Å²) in [5.41, 5.74) is 0.745. The van der Waals surface area contributed by atoms with Gasteiger partial charge in [-0.2, -0.15) is 0 Å². The predicted octanol–water partition coefficient (Wildman–Crippen LogP) is 2.65. The Kier molecular flexibility index (Phi) is 6.77. The van der Waals surface area contributed by atoms with E-state index < -0.39 is 15.8 Å². The van der Waals surface area contributed by atoms with Gasteiger partial charge in [0.15, 0.2) is 0 Å². The Hall–Kier alpha value is -0.980. The Balaban J connectivity index is 3.01. The van der Waals surface area contributed by atoms with Crippen LogP contribution in [0, 0.1) is 11.7 Å². The van der Waals surface area contributed by atoms with Crippen LogP contribution in [0.3, 0.4) is 0 Å². The maximum Gasteiger partial charge on any atom is 0.243 e. The molecule has 1 rings (SSSR count). The van der Waals surface area contributed by atoms with Gasteiger partial charge in [-0.3, -0.25) is 0 Å². The lowest BCUT2D eigenvalue weighted by atomic mass is 10.0. The summed E-state index contributed by atoms with van der Waals surface area (Å²) in [6.07, 6.45) is 0.854. The van der Waals surface area contributed by atoms with Crippen LogP contribution in [0.5, 0.6) is 0 Å². The molecule has 0 aliphatic heterocycles. The molecule has 4 nitrogen and oxygen atoms in total. The second-order valence-electron chi connectivity index (χ2n) is 5.34. The first-order valence-corrected chi connectivity index (χ1v) is 8.81. The molecular formula is C15H25FN2O2S. The van der Waals surface area contributed by atoms with Crippen LogP contribution in [0.1, 0.15) is 39.7 Å². The Labute approximate surface area is 127 Å². The second kappa shape index (κ2) is 7.87. The van der Waals surface area contributed by atoms with E-state index in [1.165, 1.54) is 12.1 Å². The number of sulfonamides is 1. The summed E-state index contributed by atoms with van der Waals surface area (Å²) in [6, 6.07) is 3.95. The highest BCUT2D eigenvalue weighted by Gasteiger charge is 2.23. The van der Waals surface area contributed by atoms with Crippen molar-refractivity contribution in [3.05, 3.63) is 29.6 Å². The van der Waals surface area contributed by atoms with E-state index in [-0.39, 0.29) is 16.9 Å². The zero-order valence-electron chi connectivity index (χ0n) is 13.1. The molecule has 2 unspecified atom stereocenters. The van der Waals surface area contributed by atoms with Gasteiger partial charge in [0.25, 0.3) is 0 Å². The van der Waals surface area contributed by atoms with E-state index in [2.05, 4.69) is 10.0 Å². The van der Waals surface area contributed by atoms with E-state index in [4.69, 9.17) is 0 Å². The Morgan fingerprint density at radius 2 is 1.90 bits per heavy atom. The molecule has 0 saturated carbocycles. The normalized spacial score (nSPS) is 14.9. The molecule has 1 aromatic rings. The fourth-order valence-electron chi connectivity index (χ4n) is 1.91. The Morgan fingerprint density at radius 1 is 1.24 bits per heavy atom. The van der Waals surface area contributed by atoms with Gasteiger partial charge in [-0.15, -0.1) is 0 Å². The van der Waals surface area contributed by atoms with Crippen LogP contribution >= 0.6 is 0 Å². The molecule has 0 spiro atoms. The first-order valence-electron chi connectivity index (χ1n) is 7.33. The van der Waals surface area contributed by atoms with Crippen molar-refractivity contribution in [3.8, 4) is 0 Å². The van der Waals surface area contributed by atoms with Crippen LogP contribution in [-0.2, 0) is 16.6 Å². The van der Waals surface area contributed by atoms with E-state index >= 15 is 0 Å². The zero-order chi connectivity index (χ0) is 16.0. The maximum absolute atomic E-state index is 13.9. The largest absolute Gasteiger partial charge is 0.313 e. The van der Waals surface area contributed by atoms with Gasteiger partial charge in [0, 0.05) is 12.6 Å². The van der Waals surface area contributed by atoms with Crippen LogP contribution in [0.2, 0.25) is 0 Å². The Morgan fingerprint density at radius 3 is 2.48 bits per heavy atom. The van der Waals surface area contributed by atoms with Crippen molar-refractivity contribution in [2.45, 2.75) is 51.6 Å². The van der Waals surface area contributed by atoms with Crippen LogP contribution in [0.15, 0.2) is 23.1 Å². The molecular weight excluding hydrogens is 291 g/mol. The van der Waals surface area contributed by atoms with Gasteiger partial charge in [0.1, 0.15) is 10.7 Å². The third-order valence-corrected chi connectivity index (χ3v) is 5.28. The SMILES string of the molecule is CCNCc1ccc(F)c(S(=O)(=O)NC(C)C(C)CC)c1. The highest BCUT2D eigenvalue weighted by molar-refractivity contribution is 7.89. The van der Waals surface area contributed by atoms with E-state index in [0.29, 0.717) is 6.54 Å². The fourth-order valence-corrected chi connectivity index (χ4v) is 3.39. The van der Waals surface area contributed by atoms with Crippen LogP contribution < -0.4 is 10.0 Å². The smallest absolute Gasteiger partial charge is 0.243 e. The molecule has 2 atom stereocenters. The molecule has 0 aliphatic carbocycles. The van der Waals surface area contributed by atoms with Gasteiger partial charge in [0.05, 0.1) is 0 Å². The molecule has 0 aromatic heterocycles. The predicted molar refractivity (Wildman–Crippen MR) is 83.0 cm³/mol. The molecule has 2 N–H and O–H groups in total. The van der Waals surface area contributed by atoms with Crippen molar-refractivity contribution in [1.29, 1.82) is 0 Å². The quantitative estimate of drug-likeness (QED) is 0.775. The van der Waals surface area contributed by atoms with Gasteiger partial charge >= 0.3 is 0 Å². The molecule has 0 fully saturated rings. The third-order valence-electron chi connectivity index (χ3n) is 3.70. The lowest BCUT2D eigenvalue weighted by molar-refractivity contribution is 0.432. The first-order chi connectivity index (χ1) is 9.81. The number of nitrogens with one attached hydrogen (secondary N) is 2. The molecule has 0 amide bonds. The number of benzene rings is 1. The highest BCUT2D eigenvalue weighted by Crippen LogP contribution is 2.18. The molecule has 0 bridgehead atoms. The topological polar surface area (TPSA) is 58.2 Å². The lowest BCUT2D eigenvalue weighted by Crippen LogP contribution is -2.37. The summed E-state index contributed by atoms with van der Waals surface area (Å²) in [5.74, 6) is -0.535. The molecule has 0 heterocycles. The van der Waals surface area contributed by atoms with Gasteiger partial charge in [0.2, 0.25) is 10.0 Å². The van der Waals surface area contributed by atoms with Gasteiger partial charge < -0.3 is 5.32 Å². The second-order valence-corrected chi connectivity index (χ2v) is 7.02. The average Bonchev–Trinajstić information content (AvgIpc) is 2.44. The minimum absolute atomic E-state index is 0.188. The van der Waals surface area contributed by atoms with Crippen molar-refractivity contribution in [2.75, 3.05) is 6.54 Å². The molecule has 6 heteroatoms. The van der Waals surface area contributed by atoms with Crippen LogP contribution in [-0.4, -0.2) is 21.0 Å². The van der Waals surface area contributed by atoms with Gasteiger partial charge in [-0.05, 0) is 37.1 Å². The van der Waals surface area contributed by atoms with Crippen LogP contribution in [0.4, 0.5) is 4.39 Å². The molecule has 21 heavy (non-hydrogen) atoms. The summed E-state index contributed by atoms with van der Waals surface area (Å²) >= 11 is 0. The molecule has 0 radical (unpaired) electrons. The van der Waals surface area contributed by atoms with Crippen molar-refractivity contribution < 1.29 is 12.8 Å². The monoisotopic (exact) mass is 316 g/mol. The van der Waals surface area contributed by atoms with Crippen molar-refractivity contribution in [1.82, 2.24) is 10.0 Å². The molecule has 1 aromatic carbocycles. The van der Waals surface area contributed by atoms with E-state index in [1.807, 2.05) is 20.8 Å². The first kappa shape index (κ1) is 18.1. The molecule has 0 aliphatic rings. The third kappa shape index (κ3) is 5.05. The van der Waals surface area contributed by atoms with Gasteiger partial charge in [-0.1, -0.05) is 33.3 Å². The molecule has 0 saturated heterocycles. The van der Waals surface area contributed by atoms with E-state index in [0.717, 1.165) is 18.5 Å². The average molecular weight is 316 g/mol. The van der Waals surface area contributed by atoms with E-state index in [1.54, 1.807) is 13.0 Å². The number of hydrogen-bond donors (Lipinski definition) is 2. The van der Waals surface area contributed by atoms with Crippen molar-refractivity contribution >= 4 is 10.0 Å². The number of rotatable bonds is 8.